The highest BCUT2D eigenvalue weighted by Crippen LogP contribution is 2.33. The topological polar surface area (TPSA) is 17.8 Å². The van der Waals surface area contributed by atoms with E-state index in [0.29, 0.717) is 22.3 Å². The van der Waals surface area contributed by atoms with Gasteiger partial charge in [-0.1, -0.05) is 35.3 Å². The summed E-state index contributed by atoms with van der Waals surface area (Å²) >= 11 is 18.6. The molecule has 0 fully saturated rings. The summed E-state index contributed by atoms with van der Waals surface area (Å²) in [4.78, 5) is 4.66. The molecule has 21 heavy (non-hydrogen) atoms. The van der Waals surface area contributed by atoms with Crippen LogP contribution in [0.4, 0.5) is 0 Å². The minimum absolute atomic E-state index is 0.490. The number of imidazole rings is 1. The smallest absolute Gasteiger partial charge is 0.115 e. The first-order valence-electron chi connectivity index (χ1n) is 6.60. The second-order valence-electron chi connectivity index (χ2n) is 4.86. The molecule has 3 aromatic rings. The quantitative estimate of drug-likeness (QED) is 0.582. The Labute approximate surface area is 138 Å². The van der Waals surface area contributed by atoms with Crippen molar-refractivity contribution >= 4 is 45.8 Å². The van der Waals surface area contributed by atoms with Crippen LogP contribution in [0.3, 0.4) is 0 Å². The van der Waals surface area contributed by atoms with E-state index in [1.165, 1.54) is 0 Å². The highest BCUT2D eigenvalue weighted by atomic mass is 35.5. The fourth-order valence-electron chi connectivity index (χ4n) is 2.44. The van der Waals surface area contributed by atoms with Crippen molar-refractivity contribution in [2.75, 3.05) is 5.88 Å². The van der Waals surface area contributed by atoms with Crippen molar-refractivity contribution in [2.45, 2.75) is 13.3 Å². The molecule has 0 unspecified atom stereocenters. The monoisotopic (exact) mass is 338 g/mol. The molecule has 0 aliphatic rings. The number of aryl methyl sites for hydroxylation is 2. The van der Waals surface area contributed by atoms with Crippen molar-refractivity contribution in [1.82, 2.24) is 9.55 Å². The highest BCUT2D eigenvalue weighted by molar-refractivity contribution is 6.37. The van der Waals surface area contributed by atoms with Crippen LogP contribution in [-0.2, 0) is 6.42 Å². The number of fused-ring (bicyclic) bond motifs is 1. The number of hydrogen-bond donors (Lipinski definition) is 0. The molecule has 108 valence electrons. The molecule has 0 radical (unpaired) electrons. The summed E-state index contributed by atoms with van der Waals surface area (Å²) < 4.78 is 2.01. The first-order valence-corrected chi connectivity index (χ1v) is 7.89. The van der Waals surface area contributed by atoms with Gasteiger partial charge in [-0.2, -0.15) is 0 Å². The molecule has 0 aliphatic carbocycles. The minimum atomic E-state index is 0.490. The van der Waals surface area contributed by atoms with Gasteiger partial charge in [0.05, 0.1) is 26.8 Å². The summed E-state index contributed by atoms with van der Waals surface area (Å²) in [6, 6.07) is 11.6. The Morgan fingerprint density at radius 2 is 1.81 bits per heavy atom. The molecule has 0 spiro atoms. The van der Waals surface area contributed by atoms with Crippen LogP contribution < -0.4 is 0 Å². The highest BCUT2D eigenvalue weighted by Gasteiger charge is 2.16. The van der Waals surface area contributed by atoms with E-state index in [0.717, 1.165) is 28.1 Å². The molecule has 0 bridgehead atoms. The van der Waals surface area contributed by atoms with Crippen LogP contribution >= 0.6 is 34.8 Å². The third-order valence-corrected chi connectivity index (χ3v) is 4.16. The average Bonchev–Trinajstić information content (AvgIpc) is 2.77. The van der Waals surface area contributed by atoms with E-state index < -0.39 is 0 Å². The summed E-state index contributed by atoms with van der Waals surface area (Å²) in [5, 5.41) is 1.19. The predicted molar refractivity (Wildman–Crippen MR) is 90.3 cm³/mol. The van der Waals surface area contributed by atoms with E-state index in [4.69, 9.17) is 34.8 Å². The summed E-state index contributed by atoms with van der Waals surface area (Å²) in [7, 11) is 0. The summed E-state index contributed by atoms with van der Waals surface area (Å²) in [5.41, 5.74) is 3.82. The van der Waals surface area contributed by atoms with Crippen LogP contribution in [0.25, 0.3) is 16.7 Å². The van der Waals surface area contributed by atoms with E-state index >= 15 is 0 Å². The Hall–Kier alpha value is -1.22. The van der Waals surface area contributed by atoms with Crippen molar-refractivity contribution in [2.24, 2.45) is 0 Å². The molecule has 5 heteroatoms. The Morgan fingerprint density at radius 1 is 1.10 bits per heavy atom. The van der Waals surface area contributed by atoms with Gasteiger partial charge in [0.1, 0.15) is 5.82 Å². The Balaban J connectivity index is 2.38. The van der Waals surface area contributed by atoms with Crippen molar-refractivity contribution in [1.29, 1.82) is 0 Å². The number of aromatic nitrogens is 2. The van der Waals surface area contributed by atoms with Gasteiger partial charge in [0.25, 0.3) is 0 Å². The van der Waals surface area contributed by atoms with Gasteiger partial charge in [-0.15, -0.1) is 11.6 Å². The van der Waals surface area contributed by atoms with Crippen LogP contribution in [0.2, 0.25) is 10.0 Å². The largest absolute Gasteiger partial charge is 0.293 e. The van der Waals surface area contributed by atoms with Gasteiger partial charge in [-0.3, -0.25) is 4.57 Å². The number of rotatable bonds is 3. The molecule has 2 aromatic carbocycles. The Kier molecular flexibility index (Phi) is 4.12. The molecule has 0 saturated carbocycles. The number of alkyl halides is 1. The van der Waals surface area contributed by atoms with Crippen molar-refractivity contribution < 1.29 is 0 Å². The van der Waals surface area contributed by atoms with Gasteiger partial charge < -0.3 is 0 Å². The predicted octanol–water partition coefficient (Wildman–Crippen LogP) is 5.42. The van der Waals surface area contributed by atoms with Crippen LogP contribution in [0.5, 0.6) is 0 Å². The lowest BCUT2D eigenvalue weighted by atomic mass is 10.2. The van der Waals surface area contributed by atoms with Crippen LogP contribution in [-0.4, -0.2) is 15.4 Å². The third kappa shape index (κ3) is 2.64. The molecule has 3 rings (SSSR count). The lowest BCUT2D eigenvalue weighted by Crippen LogP contribution is -2.03. The number of benzene rings is 2. The molecule has 0 amide bonds. The Morgan fingerprint density at radius 3 is 2.48 bits per heavy atom. The fraction of sp³-hybridized carbons (Fsp3) is 0.188. The summed E-state index contributed by atoms with van der Waals surface area (Å²) in [5.74, 6) is 1.35. The van der Waals surface area contributed by atoms with Gasteiger partial charge >= 0.3 is 0 Å². The molecule has 1 heterocycles. The number of nitrogens with zero attached hydrogens (tertiary/aromatic N) is 2. The maximum Gasteiger partial charge on any atom is 0.115 e. The fourth-order valence-corrected chi connectivity index (χ4v) is 3.18. The van der Waals surface area contributed by atoms with Gasteiger partial charge in [-0.05, 0) is 36.8 Å². The van der Waals surface area contributed by atoms with E-state index in [1.807, 2.05) is 41.8 Å². The molecule has 0 aliphatic heterocycles. The normalized spacial score (nSPS) is 11.2. The molecule has 0 N–H and O–H groups in total. The van der Waals surface area contributed by atoms with Crippen LogP contribution in [0, 0.1) is 6.92 Å². The Bertz CT molecular complexity index is 788. The maximum atomic E-state index is 6.37. The zero-order valence-corrected chi connectivity index (χ0v) is 13.7. The van der Waals surface area contributed by atoms with E-state index in [2.05, 4.69) is 11.1 Å². The van der Waals surface area contributed by atoms with Gasteiger partial charge in [0, 0.05) is 12.3 Å². The summed E-state index contributed by atoms with van der Waals surface area (Å²) in [6.45, 7) is 2.05. The second-order valence-corrected chi connectivity index (χ2v) is 6.06. The molecular weight excluding hydrogens is 327 g/mol. The zero-order valence-electron chi connectivity index (χ0n) is 11.4. The molecule has 1 aromatic heterocycles. The lowest BCUT2D eigenvalue weighted by molar-refractivity contribution is 0.912. The maximum absolute atomic E-state index is 6.37. The van der Waals surface area contributed by atoms with Crippen molar-refractivity contribution in [3.63, 3.8) is 0 Å². The zero-order chi connectivity index (χ0) is 15.0. The van der Waals surface area contributed by atoms with E-state index in [1.54, 1.807) is 0 Å². The van der Waals surface area contributed by atoms with Crippen molar-refractivity contribution in [3.8, 4) is 5.69 Å². The molecule has 2 nitrogen and oxygen atoms in total. The summed E-state index contributed by atoms with van der Waals surface area (Å²) in [6.07, 6.45) is 0.650. The first-order chi connectivity index (χ1) is 10.1. The van der Waals surface area contributed by atoms with Gasteiger partial charge in [-0.25, -0.2) is 4.98 Å². The number of hydrogen-bond acceptors (Lipinski definition) is 1. The van der Waals surface area contributed by atoms with Crippen molar-refractivity contribution in [3.05, 3.63) is 57.8 Å². The van der Waals surface area contributed by atoms with E-state index in [-0.39, 0.29) is 0 Å². The van der Waals surface area contributed by atoms with Gasteiger partial charge in [0.2, 0.25) is 0 Å². The first kappa shape index (κ1) is 14.7. The van der Waals surface area contributed by atoms with E-state index in [9.17, 15) is 0 Å². The number of halogens is 3. The lowest BCUT2D eigenvalue weighted by Gasteiger charge is -2.12. The second kappa shape index (κ2) is 5.88. The standard InChI is InChI=1S/C16H13Cl3N2/c1-10-5-6-13-14(9-10)21(15(20-13)7-8-17)16-11(18)3-2-4-12(16)19/h2-6,9H,7-8H2,1H3. The van der Waals surface area contributed by atoms with Crippen LogP contribution in [0.1, 0.15) is 11.4 Å². The van der Waals surface area contributed by atoms with Crippen LogP contribution in [0.15, 0.2) is 36.4 Å². The minimum Gasteiger partial charge on any atom is -0.293 e. The third-order valence-electron chi connectivity index (χ3n) is 3.36. The average molecular weight is 340 g/mol. The molecule has 0 atom stereocenters. The van der Waals surface area contributed by atoms with Gasteiger partial charge in [0.15, 0.2) is 0 Å². The SMILES string of the molecule is Cc1ccc2nc(CCCl)n(-c3c(Cl)cccc3Cl)c2c1. The molecular formula is C16H13Cl3N2. The number of para-hydroxylation sites is 1. The molecule has 0 saturated heterocycles.